The third-order valence-electron chi connectivity index (χ3n) is 3.61. The van der Waals surface area contributed by atoms with Crippen LogP contribution < -0.4 is 0 Å². The SMILES string of the molecule is CC(=O)CC1CCCCN1Cc1nc(C(C)C)no1. The summed E-state index contributed by atoms with van der Waals surface area (Å²) in [5.41, 5.74) is 0. The van der Waals surface area contributed by atoms with Crippen molar-refractivity contribution in [3.05, 3.63) is 11.7 Å². The van der Waals surface area contributed by atoms with Crippen LogP contribution in [-0.4, -0.2) is 33.4 Å². The van der Waals surface area contributed by atoms with Gasteiger partial charge in [-0.05, 0) is 26.3 Å². The summed E-state index contributed by atoms with van der Waals surface area (Å²) in [6, 6.07) is 0.334. The van der Waals surface area contributed by atoms with Gasteiger partial charge in [0.15, 0.2) is 5.82 Å². The number of aromatic nitrogens is 2. The monoisotopic (exact) mass is 265 g/mol. The van der Waals surface area contributed by atoms with Gasteiger partial charge in [0.1, 0.15) is 5.78 Å². The lowest BCUT2D eigenvalue weighted by Crippen LogP contribution is -2.40. The highest BCUT2D eigenvalue weighted by molar-refractivity contribution is 5.76. The normalized spacial score (nSPS) is 20.9. The number of hydrogen-bond acceptors (Lipinski definition) is 5. The van der Waals surface area contributed by atoms with Crippen molar-refractivity contribution >= 4 is 5.78 Å². The summed E-state index contributed by atoms with van der Waals surface area (Å²) in [7, 11) is 0. The molecule has 5 nitrogen and oxygen atoms in total. The molecule has 0 amide bonds. The molecule has 0 spiro atoms. The summed E-state index contributed by atoms with van der Waals surface area (Å²) >= 11 is 0. The predicted molar refractivity (Wildman–Crippen MR) is 71.7 cm³/mol. The van der Waals surface area contributed by atoms with Crippen molar-refractivity contribution in [3.63, 3.8) is 0 Å². The van der Waals surface area contributed by atoms with Crippen molar-refractivity contribution < 1.29 is 9.32 Å². The molecule has 0 N–H and O–H groups in total. The summed E-state index contributed by atoms with van der Waals surface area (Å²) in [4.78, 5) is 18.0. The number of Topliss-reactive ketones (excluding diaryl/α,β-unsaturated/α-hetero) is 1. The lowest BCUT2D eigenvalue weighted by Gasteiger charge is -2.34. The molecular weight excluding hydrogens is 242 g/mol. The first-order valence-electron chi connectivity index (χ1n) is 7.12. The average Bonchev–Trinajstić information content (AvgIpc) is 2.80. The molecule has 1 aliphatic rings. The fourth-order valence-electron chi connectivity index (χ4n) is 2.57. The van der Waals surface area contributed by atoms with Crippen LogP contribution in [0.25, 0.3) is 0 Å². The molecule has 1 unspecified atom stereocenters. The van der Waals surface area contributed by atoms with Crippen molar-refractivity contribution in [2.45, 2.75) is 65.0 Å². The number of piperidine rings is 1. The van der Waals surface area contributed by atoms with Gasteiger partial charge in [-0.3, -0.25) is 9.69 Å². The largest absolute Gasteiger partial charge is 0.338 e. The number of nitrogens with zero attached hydrogens (tertiary/aromatic N) is 3. The topological polar surface area (TPSA) is 59.2 Å². The van der Waals surface area contributed by atoms with Crippen LogP contribution >= 0.6 is 0 Å². The van der Waals surface area contributed by atoms with E-state index in [1.54, 1.807) is 6.92 Å². The first-order valence-corrected chi connectivity index (χ1v) is 7.12. The number of ketones is 1. The van der Waals surface area contributed by atoms with E-state index in [0.717, 1.165) is 18.8 Å². The molecule has 1 atom stereocenters. The maximum atomic E-state index is 11.3. The maximum Gasteiger partial charge on any atom is 0.240 e. The van der Waals surface area contributed by atoms with E-state index >= 15 is 0 Å². The van der Waals surface area contributed by atoms with E-state index in [2.05, 4.69) is 15.0 Å². The van der Waals surface area contributed by atoms with Gasteiger partial charge in [-0.1, -0.05) is 25.4 Å². The van der Waals surface area contributed by atoms with E-state index in [9.17, 15) is 4.79 Å². The Kier molecular flexibility index (Phi) is 4.69. The second-order valence-corrected chi connectivity index (χ2v) is 5.73. The van der Waals surface area contributed by atoms with E-state index in [1.165, 1.54) is 12.8 Å². The van der Waals surface area contributed by atoms with E-state index < -0.39 is 0 Å². The lowest BCUT2D eigenvalue weighted by atomic mass is 9.98. The molecule has 5 heteroatoms. The van der Waals surface area contributed by atoms with E-state index in [1.807, 2.05) is 13.8 Å². The van der Waals surface area contributed by atoms with Gasteiger partial charge < -0.3 is 4.52 Å². The van der Waals surface area contributed by atoms with Crippen LogP contribution in [0.4, 0.5) is 0 Å². The van der Waals surface area contributed by atoms with Gasteiger partial charge in [0.25, 0.3) is 0 Å². The summed E-state index contributed by atoms with van der Waals surface area (Å²) in [6.45, 7) is 7.44. The number of carbonyl (C=O) groups excluding carboxylic acids is 1. The zero-order valence-corrected chi connectivity index (χ0v) is 12.1. The Morgan fingerprint density at radius 3 is 2.89 bits per heavy atom. The highest BCUT2D eigenvalue weighted by Gasteiger charge is 2.25. The molecule has 0 radical (unpaired) electrons. The summed E-state index contributed by atoms with van der Waals surface area (Å²) in [5.74, 6) is 1.96. The predicted octanol–water partition coefficient (Wildman–Crippen LogP) is 2.53. The van der Waals surface area contributed by atoms with Gasteiger partial charge in [-0.25, -0.2) is 0 Å². The smallest absolute Gasteiger partial charge is 0.240 e. The fourth-order valence-corrected chi connectivity index (χ4v) is 2.57. The Morgan fingerprint density at radius 2 is 2.26 bits per heavy atom. The van der Waals surface area contributed by atoms with Crippen LogP contribution in [0.5, 0.6) is 0 Å². The van der Waals surface area contributed by atoms with Crippen LogP contribution in [-0.2, 0) is 11.3 Å². The molecule has 2 rings (SSSR count). The number of rotatable bonds is 5. The Bertz CT molecular complexity index is 428. The first kappa shape index (κ1) is 14.2. The molecular formula is C14H23N3O2. The quantitative estimate of drug-likeness (QED) is 0.818. The zero-order chi connectivity index (χ0) is 13.8. The summed E-state index contributed by atoms with van der Waals surface area (Å²) in [5, 5.41) is 3.99. The van der Waals surface area contributed by atoms with Crippen molar-refractivity contribution in [2.24, 2.45) is 0 Å². The van der Waals surface area contributed by atoms with E-state index in [4.69, 9.17) is 4.52 Å². The lowest BCUT2D eigenvalue weighted by molar-refractivity contribution is -0.118. The molecule has 1 aromatic rings. The van der Waals surface area contributed by atoms with Crippen molar-refractivity contribution in [2.75, 3.05) is 6.54 Å². The molecule has 1 aliphatic heterocycles. The Hall–Kier alpha value is -1.23. The Labute approximate surface area is 114 Å². The highest BCUT2D eigenvalue weighted by atomic mass is 16.5. The third kappa shape index (κ3) is 3.86. The van der Waals surface area contributed by atoms with Crippen molar-refractivity contribution in [1.29, 1.82) is 0 Å². The van der Waals surface area contributed by atoms with Gasteiger partial charge in [0.05, 0.1) is 6.54 Å². The third-order valence-corrected chi connectivity index (χ3v) is 3.61. The summed E-state index contributed by atoms with van der Waals surface area (Å²) in [6.07, 6.45) is 4.10. The maximum absolute atomic E-state index is 11.3. The Balaban J connectivity index is 1.99. The highest BCUT2D eigenvalue weighted by Crippen LogP contribution is 2.22. The van der Waals surface area contributed by atoms with Crippen LogP contribution in [0.1, 0.15) is 64.1 Å². The van der Waals surface area contributed by atoms with E-state index in [-0.39, 0.29) is 11.7 Å². The molecule has 1 saturated heterocycles. The van der Waals surface area contributed by atoms with Gasteiger partial charge >= 0.3 is 0 Å². The number of hydrogen-bond donors (Lipinski definition) is 0. The molecule has 0 aromatic carbocycles. The molecule has 1 aromatic heterocycles. The zero-order valence-electron chi connectivity index (χ0n) is 12.1. The Morgan fingerprint density at radius 1 is 1.47 bits per heavy atom. The molecule has 106 valence electrons. The number of likely N-dealkylation sites (tertiary alicyclic amines) is 1. The van der Waals surface area contributed by atoms with Gasteiger partial charge in [-0.2, -0.15) is 4.98 Å². The average molecular weight is 265 g/mol. The summed E-state index contributed by atoms with van der Waals surface area (Å²) < 4.78 is 5.29. The van der Waals surface area contributed by atoms with Gasteiger partial charge in [-0.15, -0.1) is 0 Å². The first-order chi connectivity index (χ1) is 9.06. The molecule has 2 heterocycles. The molecule has 1 fully saturated rings. The minimum atomic E-state index is 0.255. The van der Waals surface area contributed by atoms with Gasteiger partial charge in [0, 0.05) is 18.4 Å². The van der Waals surface area contributed by atoms with Crippen LogP contribution in [0.2, 0.25) is 0 Å². The van der Waals surface area contributed by atoms with Gasteiger partial charge in [0.2, 0.25) is 5.89 Å². The van der Waals surface area contributed by atoms with Crippen LogP contribution in [0.15, 0.2) is 4.52 Å². The van der Waals surface area contributed by atoms with Crippen LogP contribution in [0.3, 0.4) is 0 Å². The van der Waals surface area contributed by atoms with Crippen molar-refractivity contribution in [3.8, 4) is 0 Å². The molecule has 0 aliphatic carbocycles. The molecule has 19 heavy (non-hydrogen) atoms. The molecule has 0 bridgehead atoms. The minimum absolute atomic E-state index is 0.255. The second kappa shape index (κ2) is 6.28. The standard InChI is InChI=1S/C14H23N3O2/c1-10(2)14-15-13(19-16-14)9-17-7-5-4-6-12(17)8-11(3)18/h10,12H,4-9H2,1-3H3. The van der Waals surface area contributed by atoms with Crippen molar-refractivity contribution in [1.82, 2.24) is 15.0 Å². The minimum Gasteiger partial charge on any atom is -0.338 e. The van der Waals surface area contributed by atoms with E-state index in [0.29, 0.717) is 24.9 Å². The second-order valence-electron chi connectivity index (χ2n) is 5.73. The molecule has 0 saturated carbocycles. The number of carbonyl (C=O) groups is 1. The van der Waals surface area contributed by atoms with Crippen LogP contribution in [0, 0.1) is 0 Å². The fraction of sp³-hybridized carbons (Fsp3) is 0.786.